The van der Waals surface area contributed by atoms with Gasteiger partial charge in [-0.2, -0.15) is 0 Å². The molecule has 0 bridgehead atoms. The Hall–Kier alpha value is -2.86. The summed E-state index contributed by atoms with van der Waals surface area (Å²) in [4.78, 5) is 23.2. The number of primary amides is 1. The molecule has 0 radical (unpaired) electrons. The first-order valence-corrected chi connectivity index (χ1v) is 8.54. The minimum Gasteiger partial charge on any atom is -0.484 e. The highest BCUT2D eigenvalue weighted by atomic mass is 16.5. The highest BCUT2D eigenvalue weighted by molar-refractivity contribution is 5.94. The van der Waals surface area contributed by atoms with E-state index in [1.54, 1.807) is 24.3 Å². The van der Waals surface area contributed by atoms with E-state index in [1.165, 1.54) is 0 Å². The van der Waals surface area contributed by atoms with Crippen LogP contribution in [0.4, 0.5) is 0 Å². The molecule has 0 saturated carbocycles. The summed E-state index contributed by atoms with van der Waals surface area (Å²) in [5.41, 5.74) is 7.57. The Morgan fingerprint density at radius 1 is 1.08 bits per heavy atom. The first kappa shape index (κ1) is 19.5. The van der Waals surface area contributed by atoms with Crippen LogP contribution >= 0.6 is 0 Å². The van der Waals surface area contributed by atoms with E-state index in [9.17, 15) is 9.59 Å². The third-order valence-electron chi connectivity index (χ3n) is 3.64. The van der Waals surface area contributed by atoms with Crippen molar-refractivity contribution in [2.75, 3.05) is 13.2 Å². The van der Waals surface area contributed by atoms with Gasteiger partial charge >= 0.3 is 0 Å². The van der Waals surface area contributed by atoms with Crippen molar-refractivity contribution in [3.63, 3.8) is 0 Å². The SMILES string of the molecule is CCCOCc1ccccc1CNC(=O)c1cccc(OCC(N)=O)c1. The molecule has 3 N–H and O–H groups in total. The van der Waals surface area contributed by atoms with Gasteiger partial charge in [0.2, 0.25) is 0 Å². The molecule has 0 saturated heterocycles. The Morgan fingerprint density at radius 2 is 1.85 bits per heavy atom. The van der Waals surface area contributed by atoms with Crippen LogP contribution in [-0.2, 0) is 22.7 Å². The maximum atomic E-state index is 12.4. The van der Waals surface area contributed by atoms with Gasteiger partial charge in [-0.05, 0) is 35.7 Å². The molecule has 2 aromatic rings. The molecular formula is C20H24N2O4. The second kappa shape index (κ2) is 10.2. The molecule has 0 aliphatic rings. The molecule has 0 heterocycles. The van der Waals surface area contributed by atoms with Gasteiger partial charge in [0.05, 0.1) is 6.61 Å². The maximum absolute atomic E-state index is 12.4. The lowest BCUT2D eigenvalue weighted by Crippen LogP contribution is -2.24. The largest absolute Gasteiger partial charge is 0.484 e. The lowest BCUT2D eigenvalue weighted by molar-refractivity contribution is -0.119. The van der Waals surface area contributed by atoms with Gasteiger partial charge in [0, 0.05) is 18.7 Å². The zero-order valence-electron chi connectivity index (χ0n) is 14.9. The Balaban J connectivity index is 1.96. The number of hydrogen-bond acceptors (Lipinski definition) is 4. The molecule has 0 aromatic heterocycles. The standard InChI is InChI=1S/C20H24N2O4/c1-2-10-25-13-17-7-4-3-6-16(17)12-22-20(24)15-8-5-9-18(11-15)26-14-19(21)23/h3-9,11H,2,10,12-14H2,1H3,(H2,21,23)(H,22,24). The van der Waals surface area contributed by atoms with E-state index in [-0.39, 0.29) is 12.5 Å². The molecule has 0 fully saturated rings. The van der Waals surface area contributed by atoms with Crippen LogP contribution in [0.15, 0.2) is 48.5 Å². The number of carbonyl (C=O) groups excluding carboxylic acids is 2. The summed E-state index contributed by atoms with van der Waals surface area (Å²) >= 11 is 0. The van der Waals surface area contributed by atoms with Crippen LogP contribution in [-0.4, -0.2) is 25.0 Å². The number of ether oxygens (including phenoxy) is 2. The zero-order valence-corrected chi connectivity index (χ0v) is 14.9. The fourth-order valence-electron chi connectivity index (χ4n) is 2.36. The highest BCUT2D eigenvalue weighted by Crippen LogP contribution is 2.14. The number of nitrogens with two attached hydrogens (primary N) is 1. The number of carbonyl (C=O) groups is 2. The molecule has 0 aliphatic heterocycles. The van der Waals surface area contributed by atoms with Gasteiger partial charge in [-0.25, -0.2) is 0 Å². The average molecular weight is 356 g/mol. The molecule has 6 nitrogen and oxygen atoms in total. The highest BCUT2D eigenvalue weighted by Gasteiger charge is 2.09. The number of hydrogen-bond donors (Lipinski definition) is 2. The molecule has 6 heteroatoms. The zero-order chi connectivity index (χ0) is 18.8. The molecule has 0 unspecified atom stereocenters. The van der Waals surface area contributed by atoms with E-state index in [0.717, 1.165) is 17.5 Å². The van der Waals surface area contributed by atoms with Crippen LogP contribution in [0.25, 0.3) is 0 Å². The number of nitrogens with one attached hydrogen (secondary N) is 1. The Kier molecular flexibility index (Phi) is 7.64. The Morgan fingerprint density at radius 3 is 2.58 bits per heavy atom. The molecule has 26 heavy (non-hydrogen) atoms. The topological polar surface area (TPSA) is 90.7 Å². The Labute approximate surface area is 153 Å². The summed E-state index contributed by atoms with van der Waals surface area (Å²) in [5, 5.41) is 2.90. The molecule has 2 rings (SSSR count). The van der Waals surface area contributed by atoms with E-state index in [4.69, 9.17) is 15.2 Å². The second-order valence-electron chi connectivity index (χ2n) is 5.79. The van der Waals surface area contributed by atoms with E-state index >= 15 is 0 Å². The third-order valence-corrected chi connectivity index (χ3v) is 3.64. The third kappa shape index (κ3) is 6.22. The van der Waals surface area contributed by atoms with Crippen molar-refractivity contribution < 1.29 is 19.1 Å². The van der Waals surface area contributed by atoms with Gasteiger partial charge in [-0.15, -0.1) is 0 Å². The smallest absolute Gasteiger partial charge is 0.255 e. The van der Waals surface area contributed by atoms with Crippen molar-refractivity contribution in [2.24, 2.45) is 5.73 Å². The fraction of sp³-hybridized carbons (Fsp3) is 0.300. The average Bonchev–Trinajstić information content (AvgIpc) is 2.65. The predicted octanol–water partition coefficient (Wildman–Crippen LogP) is 2.41. The van der Waals surface area contributed by atoms with Gasteiger partial charge in [-0.3, -0.25) is 9.59 Å². The number of benzene rings is 2. The van der Waals surface area contributed by atoms with Gasteiger partial charge < -0.3 is 20.5 Å². The second-order valence-corrected chi connectivity index (χ2v) is 5.79. The van der Waals surface area contributed by atoms with Gasteiger partial charge in [0.15, 0.2) is 6.61 Å². The molecule has 0 atom stereocenters. The fourth-order valence-corrected chi connectivity index (χ4v) is 2.36. The lowest BCUT2D eigenvalue weighted by atomic mass is 10.1. The quantitative estimate of drug-likeness (QED) is 0.640. The van der Waals surface area contributed by atoms with Crippen LogP contribution in [0.3, 0.4) is 0 Å². The van der Waals surface area contributed by atoms with Crippen LogP contribution in [0.1, 0.15) is 34.8 Å². The molecular weight excluding hydrogens is 332 g/mol. The van der Waals surface area contributed by atoms with Crippen molar-refractivity contribution in [1.29, 1.82) is 0 Å². The molecule has 2 aromatic carbocycles. The minimum atomic E-state index is -0.568. The molecule has 0 aliphatic carbocycles. The van der Waals surface area contributed by atoms with Gasteiger partial charge in [-0.1, -0.05) is 37.3 Å². The number of rotatable bonds is 10. The first-order chi connectivity index (χ1) is 12.6. The summed E-state index contributed by atoms with van der Waals surface area (Å²) in [7, 11) is 0. The van der Waals surface area contributed by atoms with E-state index in [2.05, 4.69) is 12.2 Å². The summed E-state index contributed by atoms with van der Waals surface area (Å²) in [6.45, 7) is 3.47. The monoisotopic (exact) mass is 356 g/mol. The predicted molar refractivity (Wildman–Crippen MR) is 98.7 cm³/mol. The summed E-state index contributed by atoms with van der Waals surface area (Å²) in [6, 6.07) is 14.5. The van der Waals surface area contributed by atoms with E-state index in [1.807, 2.05) is 24.3 Å². The molecule has 138 valence electrons. The van der Waals surface area contributed by atoms with E-state index in [0.29, 0.717) is 31.1 Å². The normalized spacial score (nSPS) is 10.3. The number of amides is 2. The van der Waals surface area contributed by atoms with Crippen molar-refractivity contribution in [2.45, 2.75) is 26.5 Å². The summed E-state index contributed by atoms with van der Waals surface area (Å²) in [6.07, 6.45) is 0.965. The van der Waals surface area contributed by atoms with Gasteiger partial charge in [0.1, 0.15) is 5.75 Å². The van der Waals surface area contributed by atoms with Crippen molar-refractivity contribution in [3.8, 4) is 5.75 Å². The van der Waals surface area contributed by atoms with Crippen LogP contribution < -0.4 is 15.8 Å². The van der Waals surface area contributed by atoms with Gasteiger partial charge in [0.25, 0.3) is 11.8 Å². The van der Waals surface area contributed by atoms with E-state index < -0.39 is 5.91 Å². The first-order valence-electron chi connectivity index (χ1n) is 8.54. The summed E-state index contributed by atoms with van der Waals surface area (Å²) < 4.78 is 10.8. The lowest BCUT2D eigenvalue weighted by Gasteiger charge is -2.11. The molecule has 0 spiro atoms. The van der Waals surface area contributed by atoms with Crippen LogP contribution in [0, 0.1) is 0 Å². The van der Waals surface area contributed by atoms with Crippen LogP contribution in [0.5, 0.6) is 5.75 Å². The minimum absolute atomic E-state index is 0.223. The summed E-state index contributed by atoms with van der Waals surface area (Å²) in [5.74, 6) is -0.370. The van der Waals surface area contributed by atoms with Crippen molar-refractivity contribution in [1.82, 2.24) is 5.32 Å². The molecule has 2 amide bonds. The van der Waals surface area contributed by atoms with Crippen LogP contribution in [0.2, 0.25) is 0 Å². The Bertz CT molecular complexity index is 746. The van der Waals surface area contributed by atoms with Crippen molar-refractivity contribution >= 4 is 11.8 Å². The van der Waals surface area contributed by atoms with Crippen molar-refractivity contribution in [3.05, 3.63) is 65.2 Å². The maximum Gasteiger partial charge on any atom is 0.255 e.